The molecule has 2 amide bonds. The van der Waals surface area contributed by atoms with Crippen LogP contribution in [0.1, 0.15) is 37.5 Å². The van der Waals surface area contributed by atoms with Gasteiger partial charge in [-0.25, -0.2) is 4.98 Å². The highest BCUT2D eigenvalue weighted by atomic mass is 32.1. The first-order chi connectivity index (χ1) is 11.6. The van der Waals surface area contributed by atoms with Crippen LogP contribution in [0.5, 0.6) is 0 Å². The number of hydrogen-bond donors (Lipinski definition) is 2. The van der Waals surface area contributed by atoms with E-state index in [4.69, 9.17) is 0 Å². The Morgan fingerprint density at radius 3 is 2.67 bits per heavy atom. The zero-order valence-corrected chi connectivity index (χ0v) is 15.5. The minimum absolute atomic E-state index is 0.290. The fourth-order valence-electron chi connectivity index (χ4n) is 2.12. The molecule has 3 heterocycles. The van der Waals surface area contributed by atoms with Crippen molar-refractivity contribution >= 4 is 45.8 Å². The Kier molecular flexibility index (Phi) is 5.08. The van der Waals surface area contributed by atoms with Gasteiger partial charge in [0.05, 0.1) is 4.88 Å². The van der Waals surface area contributed by atoms with Gasteiger partial charge in [0, 0.05) is 21.2 Å². The van der Waals surface area contributed by atoms with Crippen LogP contribution in [0.3, 0.4) is 0 Å². The summed E-state index contributed by atoms with van der Waals surface area (Å²) in [5.41, 5.74) is 7.24. The highest BCUT2D eigenvalue weighted by molar-refractivity contribution is 7.14. The maximum absolute atomic E-state index is 12.1. The van der Waals surface area contributed by atoms with E-state index in [9.17, 15) is 9.59 Å². The number of nitrogens with one attached hydrogen (secondary N) is 2. The number of rotatable bonds is 4. The summed E-state index contributed by atoms with van der Waals surface area (Å²) in [6, 6.07) is 3.79. The molecule has 5 nitrogen and oxygen atoms in total. The van der Waals surface area contributed by atoms with E-state index in [0.717, 1.165) is 22.6 Å². The van der Waals surface area contributed by atoms with Crippen molar-refractivity contribution in [2.24, 2.45) is 0 Å². The first-order valence-corrected chi connectivity index (χ1v) is 9.90. The van der Waals surface area contributed by atoms with Gasteiger partial charge in [-0.15, -0.1) is 22.7 Å². The molecule has 0 aliphatic carbocycles. The van der Waals surface area contributed by atoms with Gasteiger partial charge in [-0.3, -0.25) is 20.4 Å². The van der Waals surface area contributed by atoms with Crippen LogP contribution in [-0.2, 0) is 6.42 Å². The molecule has 0 unspecified atom stereocenters. The lowest BCUT2D eigenvalue weighted by atomic mass is 10.2. The second kappa shape index (κ2) is 7.25. The second-order valence-electron chi connectivity index (χ2n) is 5.03. The van der Waals surface area contributed by atoms with E-state index in [-0.39, 0.29) is 11.6 Å². The molecular weight excluding hydrogens is 362 g/mol. The van der Waals surface area contributed by atoms with Crippen molar-refractivity contribution < 1.29 is 9.59 Å². The summed E-state index contributed by atoms with van der Waals surface area (Å²) in [6.45, 7) is 4.03. The van der Waals surface area contributed by atoms with Crippen LogP contribution in [0.15, 0.2) is 28.3 Å². The third-order valence-electron chi connectivity index (χ3n) is 3.36. The Morgan fingerprint density at radius 1 is 1.21 bits per heavy atom. The zero-order chi connectivity index (χ0) is 17.1. The fraction of sp³-hybridized carbons (Fsp3) is 0.188. The average Bonchev–Trinajstić information content (AvgIpc) is 3.30. The Balaban J connectivity index is 1.62. The zero-order valence-electron chi connectivity index (χ0n) is 13.1. The number of aryl methyl sites for hydroxylation is 2. The average molecular weight is 378 g/mol. The highest BCUT2D eigenvalue weighted by Gasteiger charge is 2.15. The number of thiazole rings is 1. The van der Waals surface area contributed by atoms with E-state index < -0.39 is 5.91 Å². The molecule has 8 heteroatoms. The van der Waals surface area contributed by atoms with Crippen molar-refractivity contribution in [2.45, 2.75) is 20.3 Å². The number of carbonyl (C=O) groups is 2. The molecule has 3 aromatic heterocycles. The normalized spacial score (nSPS) is 10.6. The van der Waals surface area contributed by atoms with E-state index in [1.807, 2.05) is 29.8 Å². The summed E-state index contributed by atoms with van der Waals surface area (Å²) >= 11 is 4.42. The summed E-state index contributed by atoms with van der Waals surface area (Å²) in [5, 5.41) is 6.41. The van der Waals surface area contributed by atoms with Crippen molar-refractivity contribution in [3.8, 4) is 10.6 Å². The molecule has 0 saturated heterocycles. The van der Waals surface area contributed by atoms with Crippen molar-refractivity contribution in [3.63, 3.8) is 0 Å². The third-order valence-corrected chi connectivity index (χ3v) is 6.31. The molecule has 0 atom stereocenters. The molecule has 2 N–H and O–H groups in total. The smallest absolute Gasteiger partial charge is 0.266 e. The largest absolute Gasteiger partial charge is 0.289 e. The van der Waals surface area contributed by atoms with Crippen LogP contribution in [0.2, 0.25) is 0 Å². The van der Waals surface area contributed by atoms with Crippen molar-refractivity contribution in [3.05, 3.63) is 49.3 Å². The molecule has 0 aromatic carbocycles. The van der Waals surface area contributed by atoms with Crippen LogP contribution < -0.4 is 10.9 Å². The van der Waals surface area contributed by atoms with Gasteiger partial charge in [0.1, 0.15) is 10.7 Å². The summed E-state index contributed by atoms with van der Waals surface area (Å²) in [7, 11) is 0. The third kappa shape index (κ3) is 3.55. The first-order valence-electron chi connectivity index (χ1n) is 7.26. The van der Waals surface area contributed by atoms with Crippen LogP contribution in [0.25, 0.3) is 10.6 Å². The first kappa shape index (κ1) is 16.8. The molecule has 0 aliphatic heterocycles. The SMILES string of the molecule is CCc1sc(C(=O)NNC(=O)c2csc(-c3ccsc3)n2)cc1C. The van der Waals surface area contributed by atoms with E-state index in [1.54, 1.807) is 16.7 Å². The number of amides is 2. The van der Waals surface area contributed by atoms with Crippen LogP contribution in [0.4, 0.5) is 0 Å². The topological polar surface area (TPSA) is 71.1 Å². The van der Waals surface area contributed by atoms with Gasteiger partial charge in [-0.1, -0.05) is 6.92 Å². The van der Waals surface area contributed by atoms with Gasteiger partial charge in [-0.2, -0.15) is 11.3 Å². The molecule has 3 aromatic rings. The van der Waals surface area contributed by atoms with Gasteiger partial charge in [0.2, 0.25) is 0 Å². The van der Waals surface area contributed by atoms with Crippen LogP contribution in [0, 0.1) is 6.92 Å². The number of hydrazine groups is 1. The number of aromatic nitrogens is 1. The lowest BCUT2D eigenvalue weighted by Crippen LogP contribution is -2.41. The molecule has 124 valence electrons. The molecule has 0 aliphatic rings. The monoisotopic (exact) mass is 377 g/mol. The number of hydrogen-bond acceptors (Lipinski definition) is 6. The maximum atomic E-state index is 12.1. The highest BCUT2D eigenvalue weighted by Crippen LogP contribution is 2.25. The molecule has 24 heavy (non-hydrogen) atoms. The van der Waals surface area contributed by atoms with Crippen molar-refractivity contribution in [1.29, 1.82) is 0 Å². The number of carbonyl (C=O) groups excluding carboxylic acids is 2. The molecule has 3 rings (SSSR count). The Bertz CT molecular complexity index is 865. The summed E-state index contributed by atoms with van der Waals surface area (Å²) in [6.07, 6.45) is 0.889. The van der Waals surface area contributed by atoms with Gasteiger partial charge in [0.15, 0.2) is 0 Å². The number of nitrogens with zero attached hydrogens (tertiary/aromatic N) is 1. The summed E-state index contributed by atoms with van der Waals surface area (Å²) < 4.78 is 0. The molecule has 0 spiro atoms. The van der Waals surface area contributed by atoms with Gasteiger partial charge < -0.3 is 0 Å². The van der Waals surface area contributed by atoms with Gasteiger partial charge in [-0.05, 0) is 36.4 Å². The van der Waals surface area contributed by atoms with Crippen LogP contribution in [-0.4, -0.2) is 16.8 Å². The number of thiophene rings is 2. The van der Waals surface area contributed by atoms with Crippen molar-refractivity contribution in [1.82, 2.24) is 15.8 Å². The lowest BCUT2D eigenvalue weighted by molar-refractivity contribution is 0.0846. The Labute approximate surface area is 151 Å². The molecule has 0 saturated carbocycles. The minimum atomic E-state index is -0.426. The van der Waals surface area contributed by atoms with Crippen LogP contribution >= 0.6 is 34.0 Å². The fourth-order valence-corrected chi connectivity index (χ4v) is 4.64. The predicted octanol–water partition coefficient (Wildman–Crippen LogP) is 3.88. The molecule has 0 bridgehead atoms. The standard InChI is InChI=1S/C16H15N3O2S3/c1-3-12-9(2)6-13(24-12)15(21)19-18-14(20)11-8-23-16(17-11)10-4-5-22-7-10/h4-8H,3H2,1-2H3,(H,18,20)(H,19,21). The quantitative estimate of drug-likeness (QED) is 0.678. The summed E-state index contributed by atoms with van der Waals surface area (Å²) in [4.78, 5) is 30.3. The Hall–Kier alpha value is -2.03. The van der Waals surface area contributed by atoms with E-state index in [1.165, 1.54) is 27.6 Å². The van der Waals surface area contributed by atoms with E-state index in [2.05, 4.69) is 22.8 Å². The Morgan fingerprint density at radius 2 is 2.00 bits per heavy atom. The van der Waals surface area contributed by atoms with E-state index in [0.29, 0.717) is 4.88 Å². The second-order valence-corrected chi connectivity index (χ2v) is 7.80. The van der Waals surface area contributed by atoms with Gasteiger partial charge >= 0.3 is 0 Å². The minimum Gasteiger partial charge on any atom is -0.266 e. The van der Waals surface area contributed by atoms with E-state index >= 15 is 0 Å². The molecule has 0 fully saturated rings. The maximum Gasteiger partial charge on any atom is 0.289 e. The molecular formula is C16H15N3O2S3. The van der Waals surface area contributed by atoms with Gasteiger partial charge in [0.25, 0.3) is 11.8 Å². The summed E-state index contributed by atoms with van der Waals surface area (Å²) in [5.74, 6) is -0.741. The molecule has 0 radical (unpaired) electrons. The van der Waals surface area contributed by atoms with Crippen molar-refractivity contribution in [2.75, 3.05) is 0 Å². The lowest BCUT2D eigenvalue weighted by Gasteiger charge is -2.04. The predicted molar refractivity (Wildman–Crippen MR) is 98.8 cm³/mol.